The van der Waals surface area contributed by atoms with Gasteiger partial charge in [0.2, 0.25) is 0 Å². The van der Waals surface area contributed by atoms with Crippen LogP contribution in [0.25, 0.3) is 35.4 Å². The van der Waals surface area contributed by atoms with Gasteiger partial charge in [-0.1, -0.05) is 175 Å². The lowest BCUT2D eigenvalue weighted by molar-refractivity contribution is 0.733. The molecule has 0 amide bonds. The van der Waals surface area contributed by atoms with Crippen LogP contribution >= 0.6 is 0 Å². The maximum Gasteiger partial charge on any atom is 0.121 e. The van der Waals surface area contributed by atoms with Crippen LogP contribution in [0.15, 0.2) is 121 Å². The van der Waals surface area contributed by atoms with Crippen molar-refractivity contribution in [1.29, 1.82) is 0 Å². The quantitative estimate of drug-likeness (QED) is 0.131. The minimum absolute atomic E-state index is 0.618. The number of hydrogen-bond acceptors (Lipinski definition) is 0. The van der Waals surface area contributed by atoms with Gasteiger partial charge >= 0.3 is 0 Å². The number of aryl methyl sites for hydroxylation is 1. The summed E-state index contributed by atoms with van der Waals surface area (Å²) in [5.74, 6) is 0.618. The fraction of sp³-hybridized carbons (Fsp3) is 0.128. The second-order valence-electron chi connectivity index (χ2n) is 10.5. The van der Waals surface area contributed by atoms with Gasteiger partial charge in [0.15, 0.2) is 0 Å². The highest BCUT2D eigenvalue weighted by atomic mass is 28.2. The molecule has 0 aromatic heterocycles. The standard InChI is InChI=1S/C39H36Si/c1-4-30(3)35-21-11-31(12-22-35)7-9-33-15-25-38(26-16-33)40-39-27-17-34(18-28-39)10-8-32-13-23-37(24-14-32)36-19-5-29(2)6-20-36/h5-28,30H,4H2,1-3H3/b9-7+,10-8+. The highest BCUT2D eigenvalue weighted by Gasteiger charge is 2.02. The Kier molecular flexibility index (Phi) is 9.06. The molecule has 0 saturated carbocycles. The van der Waals surface area contributed by atoms with Gasteiger partial charge < -0.3 is 0 Å². The predicted molar refractivity (Wildman–Crippen MR) is 178 cm³/mol. The second-order valence-corrected chi connectivity index (χ2v) is 11.9. The van der Waals surface area contributed by atoms with Crippen molar-refractivity contribution < 1.29 is 0 Å². The molecule has 0 N–H and O–H groups in total. The summed E-state index contributed by atoms with van der Waals surface area (Å²) in [5.41, 5.74) is 10.1. The molecule has 5 aromatic carbocycles. The van der Waals surface area contributed by atoms with Crippen molar-refractivity contribution in [2.45, 2.75) is 33.1 Å². The molecule has 0 aliphatic rings. The second kappa shape index (κ2) is 13.2. The summed E-state index contributed by atoms with van der Waals surface area (Å²) in [5, 5.41) is 2.70. The zero-order valence-corrected chi connectivity index (χ0v) is 24.6. The summed E-state index contributed by atoms with van der Waals surface area (Å²) in [4.78, 5) is 0. The molecule has 2 radical (unpaired) electrons. The molecular weight excluding hydrogens is 497 g/mol. The van der Waals surface area contributed by atoms with Crippen LogP contribution < -0.4 is 10.4 Å². The molecule has 1 unspecified atom stereocenters. The molecule has 0 nitrogen and oxygen atoms in total. The van der Waals surface area contributed by atoms with Gasteiger partial charge in [-0.05, 0) is 58.2 Å². The van der Waals surface area contributed by atoms with Crippen LogP contribution in [-0.4, -0.2) is 9.52 Å². The molecule has 0 saturated heterocycles. The van der Waals surface area contributed by atoms with E-state index in [0.29, 0.717) is 15.4 Å². The Bertz CT molecular complexity index is 1550. The molecule has 196 valence electrons. The lowest BCUT2D eigenvalue weighted by Crippen LogP contribution is -2.26. The zero-order chi connectivity index (χ0) is 27.7. The molecule has 1 heteroatoms. The summed E-state index contributed by atoms with van der Waals surface area (Å²) >= 11 is 0. The van der Waals surface area contributed by atoms with E-state index in [2.05, 4.69) is 166 Å². The monoisotopic (exact) mass is 532 g/mol. The van der Waals surface area contributed by atoms with E-state index in [4.69, 9.17) is 0 Å². The first-order valence-electron chi connectivity index (χ1n) is 14.2. The van der Waals surface area contributed by atoms with Crippen molar-refractivity contribution in [2.24, 2.45) is 0 Å². The highest BCUT2D eigenvalue weighted by molar-refractivity contribution is 6.67. The number of rotatable bonds is 9. The molecule has 0 aliphatic heterocycles. The third-order valence-corrected chi connectivity index (χ3v) is 8.70. The Morgan fingerprint density at radius 2 is 0.850 bits per heavy atom. The van der Waals surface area contributed by atoms with Crippen molar-refractivity contribution in [2.75, 3.05) is 0 Å². The van der Waals surface area contributed by atoms with E-state index in [1.165, 1.54) is 61.3 Å². The van der Waals surface area contributed by atoms with Crippen molar-refractivity contribution in [1.82, 2.24) is 0 Å². The number of hydrogen-bond donors (Lipinski definition) is 0. The van der Waals surface area contributed by atoms with E-state index in [9.17, 15) is 0 Å². The van der Waals surface area contributed by atoms with Crippen LogP contribution in [0.1, 0.15) is 59.6 Å². The minimum Gasteiger partial charge on any atom is -0.0648 e. The Labute approximate surface area is 242 Å². The van der Waals surface area contributed by atoms with Crippen LogP contribution in [-0.2, 0) is 0 Å². The summed E-state index contributed by atoms with van der Waals surface area (Å²) in [6.45, 7) is 6.64. The molecule has 5 aromatic rings. The van der Waals surface area contributed by atoms with E-state index in [-0.39, 0.29) is 0 Å². The van der Waals surface area contributed by atoms with Gasteiger partial charge in [0.05, 0.1) is 0 Å². The third kappa shape index (κ3) is 7.46. The van der Waals surface area contributed by atoms with Gasteiger partial charge in [-0.2, -0.15) is 0 Å². The van der Waals surface area contributed by atoms with Crippen molar-refractivity contribution in [3.05, 3.63) is 155 Å². The van der Waals surface area contributed by atoms with Gasteiger partial charge in [-0.3, -0.25) is 0 Å². The average molecular weight is 533 g/mol. The zero-order valence-electron chi connectivity index (χ0n) is 23.6. The van der Waals surface area contributed by atoms with Gasteiger partial charge in [-0.25, -0.2) is 0 Å². The van der Waals surface area contributed by atoms with Gasteiger partial charge in [0, 0.05) is 0 Å². The van der Waals surface area contributed by atoms with Crippen LogP contribution in [0.4, 0.5) is 0 Å². The molecule has 0 bridgehead atoms. The maximum absolute atomic E-state index is 2.28. The minimum atomic E-state index is 0.618. The highest BCUT2D eigenvalue weighted by Crippen LogP contribution is 2.21. The van der Waals surface area contributed by atoms with Crippen LogP contribution in [0.2, 0.25) is 0 Å². The Morgan fingerprint density at radius 3 is 1.25 bits per heavy atom. The first-order chi connectivity index (χ1) is 19.6. The van der Waals surface area contributed by atoms with Crippen LogP contribution in [0.5, 0.6) is 0 Å². The molecule has 5 rings (SSSR count). The van der Waals surface area contributed by atoms with Gasteiger partial charge in [-0.15, -0.1) is 0 Å². The van der Waals surface area contributed by atoms with E-state index in [1.807, 2.05) is 0 Å². The van der Waals surface area contributed by atoms with Crippen molar-refractivity contribution in [3.63, 3.8) is 0 Å². The molecule has 40 heavy (non-hydrogen) atoms. The molecule has 0 spiro atoms. The van der Waals surface area contributed by atoms with E-state index in [1.54, 1.807) is 0 Å². The lowest BCUT2D eigenvalue weighted by atomic mass is 9.97. The Balaban J connectivity index is 1.15. The molecular formula is C39H36Si. The summed E-state index contributed by atoms with van der Waals surface area (Å²) in [6, 6.07) is 44.2. The molecule has 0 heterocycles. The molecule has 0 fully saturated rings. The first-order valence-corrected chi connectivity index (χ1v) is 15.2. The SMILES string of the molecule is CCC(C)c1ccc(/C=C/c2ccc([Si]c3ccc(/C=C/c4ccc(-c5ccc(C)cc5)cc4)cc3)cc2)cc1. The summed E-state index contributed by atoms with van der Waals surface area (Å²) in [6.07, 6.45) is 9.94. The summed E-state index contributed by atoms with van der Waals surface area (Å²) in [7, 11) is 0.651. The van der Waals surface area contributed by atoms with Crippen molar-refractivity contribution >= 4 is 44.2 Å². The van der Waals surface area contributed by atoms with Crippen LogP contribution in [0, 0.1) is 6.92 Å². The van der Waals surface area contributed by atoms with E-state index >= 15 is 0 Å². The summed E-state index contributed by atoms with van der Waals surface area (Å²) < 4.78 is 0. The fourth-order valence-electron chi connectivity index (χ4n) is 4.61. The predicted octanol–water partition coefficient (Wildman–Crippen LogP) is 9.17. The average Bonchev–Trinajstić information content (AvgIpc) is 3.01. The third-order valence-electron chi connectivity index (χ3n) is 7.46. The fourth-order valence-corrected chi connectivity index (χ4v) is 5.61. The van der Waals surface area contributed by atoms with E-state index in [0.717, 1.165) is 0 Å². The van der Waals surface area contributed by atoms with Gasteiger partial charge in [0.25, 0.3) is 0 Å². The smallest absolute Gasteiger partial charge is 0.0648 e. The lowest BCUT2D eigenvalue weighted by Gasteiger charge is -2.08. The van der Waals surface area contributed by atoms with Gasteiger partial charge in [0.1, 0.15) is 9.52 Å². The Morgan fingerprint density at radius 1 is 0.500 bits per heavy atom. The Hall–Kier alpha value is -4.20. The largest absolute Gasteiger partial charge is 0.121 e. The van der Waals surface area contributed by atoms with Crippen molar-refractivity contribution in [3.8, 4) is 11.1 Å². The topological polar surface area (TPSA) is 0 Å². The maximum atomic E-state index is 2.28. The normalized spacial score (nSPS) is 12.3. The molecule has 1 atom stereocenters. The first kappa shape index (κ1) is 27.4. The molecule has 0 aliphatic carbocycles. The number of benzene rings is 5. The van der Waals surface area contributed by atoms with Crippen LogP contribution in [0.3, 0.4) is 0 Å². The van der Waals surface area contributed by atoms with E-state index < -0.39 is 0 Å².